The van der Waals surface area contributed by atoms with Crippen LogP contribution in [0.3, 0.4) is 0 Å². The van der Waals surface area contributed by atoms with E-state index >= 15 is 0 Å². The highest BCUT2D eigenvalue weighted by molar-refractivity contribution is 5.97. The van der Waals surface area contributed by atoms with Crippen molar-refractivity contribution in [3.05, 3.63) is 70.0 Å². The van der Waals surface area contributed by atoms with Gasteiger partial charge in [0, 0.05) is 30.1 Å². The molecule has 1 atom stereocenters. The van der Waals surface area contributed by atoms with Gasteiger partial charge < -0.3 is 10.6 Å². The molecule has 1 aromatic heterocycles. The van der Waals surface area contributed by atoms with E-state index in [1.54, 1.807) is 31.5 Å². The molecular weight excluding hydrogens is 300 g/mol. The largest absolute Gasteiger partial charge is 0.380 e. The number of aromatic nitrogens is 1. The molecule has 0 bridgehead atoms. The summed E-state index contributed by atoms with van der Waals surface area (Å²) >= 11 is 0. The Labute approximate surface area is 131 Å². The summed E-state index contributed by atoms with van der Waals surface area (Å²) in [5.41, 5.74) is 6.82. The van der Waals surface area contributed by atoms with Gasteiger partial charge in [0.1, 0.15) is 0 Å². The summed E-state index contributed by atoms with van der Waals surface area (Å²) in [6.07, 6.45) is 3.08. The number of nitrogens with two attached hydrogens (primary N) is 1. The zero-order chi connectivity index (χ0) is 16.8. The van der Waals surface area contributed by atoms with E-state index in [2.05, 4.69) is 10.1 Å². The van der Waals surface area contributed by atoms with Crippen molar-refractivity contribution in [3.8, 4) is 0 Å². The van der Waals surface area contributed by atoms with Crippen molar-refractivity contribution in [1.29, 1.82) is 0 Å². The zero-order valence-electron chi connectivity index (χ0n) is 12.2. The molecule has 0 saturated carbocycles. The van der Waals surface area contributed by atoms with E-state index in [1.807, 2.05) is 0 Å². The van der Waals surface area contributed by atoms with Crippen molar-refractivity contribution in [1.82, 2.24) is 4.98 Å². The lowest BCUT2D eigenvalue weighted by Crippen LogP contribution is -2.17. The molecule has 2 rings (SSSR count). The number of hydrogen-bond acceptors (Lipinski definition) is 6. The molecule has 0 aliphatic heterocycles. The lowest BCUT2D eigenvalue weighted by atomic mass is 10.0. The van der Waals surface area contributed by atoms with Crippen LogP contribution in [0, 0.1) is 10.1 Å². The van der Waals surface area contributed by atoms with E-state index in [9.17, 15) is 14.9 Å². The van der Waals surface area contributed by atoms with E-state index in [0.29, 0.717) is 11.1 Å². The van der Waals surface area contributed by atoms with E-state index in [4.69, 9.17) is 10.6 Å². The molecule has 0 saturated heterocycles. The van der Waals surface area contributed by atoms with Gasteiger partial charge in [-0.2, -0.15) is 0 Å². The van der Waals surface area contributed by atoms with Gasteiger partial charge >= 0.3 is 5.97 Å². The molecule has 1 heterocycles. The van der Waals surface area contributed by atoms with Gasteiger partial charge in [0.05, 0.1) is 10.8 Å². The Balaban J connectivity index is 2.04. The van der Waals surface area contributed by atoms with Crippen molar-refractivity contribution in [2.75, 3.05) is 0 Å². The predicted molar refractivity (Wildman–Crippen MR) is 82.6 cm³/mol. The van der Waals surface area contributed by atoms with E-state index < -0.39 is 16.8 Å². The van der Waals surface area contributed by atoms with Crippen LogP contribution < -0.4 is 5.73 Å². The summed E-state index contributed by atoms with van der Waals surface area (Å²) in [6, 6.07) is 8.92. The molecule has 0 radical (unpaired) electrons. The van der Waals surface area contributed by atoms with Crippen LogP contribution in [-0.2, 0) is 9.63 Å². The molecule has 118 valence electrons. The highest BCUT2D eigenvalue weighted by Gasteiger charge is 2.18. The number of benzene rings is 1. The summed E-state index contributed by atoms with van der Waals surface area (Å²) in [4.78, 5) is 30.7. The Bertz CT molecular complexity index is 729. The van der Waals surface area contributed by atoms with E-state index in [0.717, 1.165) is 0 Å². The summed E-state index contributed by atoms with van der Waals surface area (Å²) in [6.45, 7) is 1.61. The molecule has 2 N–H and O–H groups in total. The molecule has 0 spiro atoms. The monoisotopic (exact) mass is 314 g/mol. The van der Waals surface area contributed by atoms with Gasteiger partial charge in [0.2, 0.25) is 0 Å². The summed E-state index contributed by atoms with van der Waals surface area (Å²) in [7, 11) is 0. The topological polar surface area (TPSA) is 121 Å². The zero-order valence-corrected chi connectivity index (χ0v) is 12.2. The second-order valence-electron chi connectivity index (χ2n) is 4.69. The minimum absolute atomic E-state index is 0.0470. The molecule has 0 amide bonds. The second-order valence-corrected chi connectivity index (χ2v) is 4.69. The Kier molecular flexibility index (Phi) is 4.98. The Hall–Kier alpha value is -3.29. The molecule has 8 nitrogen and oxygen atoms in total. The Morgan fingerprint density at radius 3 is 2.43 bits per heavy atom. The maximum atomic E-state index is 12.0. The van der Waals surface area contributed by atoms with Crippen LogP contribution in [0.4, 0.5) is 5.69 Å². The van der Waals surface area contributed by atoms with Gasteiger partial charge in [-0.1, -0.05) is 17.3 Å². The van der Waals surface area contributed by atoms with Crippen molar-refractivity contribution in [3.63, 3.8) is 0 Å². The first kappa shape index (κ1) is 16.1. The summed E-state index contributed by atoms with van der Waals surface area (Å²) in [5.74, 6) is -1.20. The van der Waals surface area contributed by atoms with Crippen LogP contribution in [0.2, 0.25) is 0 Å². The smallest absolute Gasteiger partial charge is 0.342 e. The molecular formula is C15H14N4O4. The van der Waals surface area contributed by atoms with Crippen LogP contribution in [0.15, 0.2) is 53.9 Å². The fourth-order valence-corrected chi connectivity index (χ4v) is 1.77. The van der Waals surface area contributed by atoms with Crippen molar-refractivity contribution >= 4 is 17.5 Å². The van der Waals surface area contributed by atoms with Gasteiger partial charge in [-0.05, 0) is 24.6 Å². The lowest BCUT2D eigenvalue weighted by molar-refractivity contribution is -0.384. The first-order valence-electron chi connectivity index (χ1n) is 6.68. The van der Waals surface area contributed by atoms with E-state index in [1.165, 1.54) is 24.3 Å². The number of nitrogens with zero attached hydrogens (tertiary/aromatic N) is 3. The van der Waals surface area contributed by atoms with Crippen molar-refractivity contribution in [2.45, 2.75) is 12.8 Å². The average Bonchev–Trinajstić information content (AvgIpc) is 2.59. The molecule has 2 aromatic rings. The van der Waals surface area contributed by atoms with Crippen LogP contribution in [-0.4, -0.2) is 21.7 Å². The quantitative estimate of drug-likeness (QED) is 0.296. The Morgan fingerprint density at radius 2 is 1.87 bits per heavy atom. The molecule has 8 heteroatoms. The van der Waals surface area contributed by atoms with Crippen LogP contribution in [0.5, 0.6) is 0 Å². The van der Waals surface area contributed by atoms with E-state index in [-0.39, 0.29) is 11.5 Å². The number of pyridine rings is 1. The lowest BCUT2D eigenvalue weighted by Gasteiger charge is -2.08. The summed E-state index contributed by atoms with van der Waals surface area (Å²) < 4.78 is 0. The number of nitro benzene ring substituents is 1. The van der Waals surface area contributed by atoms with Gasteiger partial charge in [-0.25, -0.2) is 4.79 Å². The fraction of sp³-hybridized carbons (Fsp3) is 0.133. The number of non-ortho nitro benzene ring substituents is 1. The third-order valence-electron chi connectivity index (χ3n) is 3.17. The molecule has 23 heavy (non-hydrogen) atoms. The first-order chi connectivity index (χ1) is 11.0. The number of nitro groups is 1. The number of oxime groups is 1. The predicted octanol–water partition coefficient (Wildman–Crippen LogP) is 1.96. The third-order valence-corrected chi connectivity index (χ3v) is 3.17. The number of hydrogen-bond donors (Lipinski definition) is 1. The Morgan fingerprint density at radius 1 is 1.26 bits per heavy atom. The second kappa shape index (κ2) is 7.12. The number of amidine groups is 1. The molecule has 0 aliphatic rings. The van der Waals surface area contributed by atoms with Gasteiger partial charge in [-0.3, -0.25) is 15.1 Å². The maximum absolute atomic E-state index is 12.0. The number of carbonyl (C=O) groups excluding carboxylic acids is 1. The minimum atomic E-state index is -0.634. The van der Waals surface area contributed by atoms with Gasteiger partial charge in [-0.15, -0.1) is 0 Å². The highest BCUT2D eigenvalue weighted by Crippen LogP contribution is 2.20. The number of rotatable bonds is 5. The van der Waals surface area contributed by atoms with Crippen LogP contribution in [0.1, 0.15) is 24.0 Å². The van der Waals surface area contributed by atoms with Gasteiger partial charge in [0.15, 0.2) is 5.84 Å². The highest BCUT2D eigenvalue weighted by atomic mass is 16.7. The van der Waals surface area contributed by atoms with Gasteiger partial charge in [0.25, 0.3) is 5.69 Å². The molecule has 0 unspecified atom stereocenters. The van der Waals surface area contributed by atoms with Crippen molar-refractivity contribution < 1.29 is 14.6 Å². The molecule has 0 aliphatic carbocycles. The SMILES string of the molecule is C[C@H](C(=O)O/N=C(/N)c1ccncc1)c1ccc([N+](=O)[O-])cc1. The van der Waals surface area contributed by atoms with Crippen LogP contribution in [0.25, 0.3) is 0 Å². The first-order valence-corrected chi connectivity index (χ1v) is 6.68. The fourth-order valence-electron chi connectivity index (χ4n) is 1.77. The minimum Gasteiger partial charge on any atom is -0.380 e. The molecule has 0 fully saturated rings. The standard InChI is InChI=1S/C15H14N4O4/c1-10(11-2-4-13(5-3-11)19(21)22)15(20)23-18-14(16)12-6-8-17-9-7-12/h2-10H,1H3,(H2,16,18)/t10-/m0/s1. The van der Waals surface area contributed by atoms with Crippen LogP contribution >= 0.6 is 0 Å². The average molecular weight is 314 g/mol. The molecule has 1 aromatic carbocycles. The number of carbonyl (C=O) groups is 1. The maximum Gasteiger partial charge on any atom is 0.342 e. The third kappa shape index (κ3) is 4.10. The summed E-state index contributed by atoms with van der Waals surface area (Å²) in [5, 5.41) is 14.2. The van der Waals surface area contributed by atoms with Crippen molar-refractivity contribution in [2.24, 2.45) is 10.9 Å². The normalized spacial score (nSPS) is 12.5.